The smallest absolute Gasteiger partial charge is 0.342 e. The standard InChI is InChI=1S/C27H24N2O5S.C8H8O2/c1-16(2)33-20-10-8-19(9-11-20)27(31)22(14-17-5-4-6-21(13-17)32-3)25(26(30)34-27)18-7-12-23-24(15-18)29-35-28-23;1-10-8-4-2-3-7(5-8)6-9/h4-13,15-16,31H,14H2,1-3H3;2-6H,1H3. The first-order valence-corrected chi connectivity index (χ1v) is 14.9. The molecule has 0 aliphatic carbocycles. The second-order valence-electron chi connectivity index (χ2n) is 10.5. The van der Waals surface area contributed by atoms with Crippen molar-refractivity contribution in [3.05, 3.63) is 119 Å². The summed E-state index contributed by atoms with van der Waals surface area (Å²) in [5.41, 5.74) is 4.73. The minimum absolute atomic E-state index is 0.0125. The molecular weight excluding hydrogens is 592 g/mol. The predicted octanol–water partition coefficient (Wildman–Crippen LogP) is 6.39. The molecule has 2 heterocycles. The second kappa shape index (κ2) is 13.7. The minimum atomic E-state index is -1.94. The molecule has 1 aliphatic rings. The van der Waals surface area contributed by atoms with E-state index in [2.05, 4.69) is 8.75 Å². The van der Waals surface area contributed by atoms with Gasteiger partial charge in [0, 0.05) is 23.1 Å². The van der Waals surface area contributed by atoms with E-state index in [0.29, 0.717) is 50.6 Å². The van der Waals surface area contributed by atoms with Crippen LogP contribution in [0.15, 0.2) is 96.6 Å². The molecule has 45 heavy (non-hydrogen) atoms. The van der Waals surface area contributed by atoms with Crippen LogP contribution in [-0.4, -0.2) is 46.4 Å². The Morgan fingerprint density at radius 1 is 0.867 bits per heavy atom. The van der Waals surface area contributed by atoms with Crippen molar-refractivity contribution in [3.8, 4) is 17.2 Å². The van der Waals surface area contributed by atoms with Crippen LogP contribution in [-0.2, 0) is 21.7 Å². The summed E-state index contributed by atoms with van der Waals surface area (Å²) in [5, 5.41) is 11.9. The first-order valence-electron chi connectivity index (χ1n) is 14.2. The van der Waals surface area contributed by atoms with Gasteiger partial charge in [-0.25, -0.2) is 4.79 Å². The summed E-state index contributed by atoms with van der Waals surface area (Å²) >= 11 is 1.11. The van der Waals surface area contributed by atoms with Crippen molar-refractivity contribution in [2.45, 2.75) is 32.2 Å². The monoisotopic (exact) mass is 624 g/mol. The second-order valence-corrected chi connectivity index (χ2v) is 11.0. The third kappa shape index (κ3) is 7.03. The molecule has 0 bridgehead atoms. The zero-order valence-electron chi connectivity index (χ0n) is 25.2. The van der Waals surface area contributed by atoms with Gasteiger partial charge >= 0.3 is 5.97 Å². The molecule has 9 nitrogen and oxygen atoms in total. The van der Waals surface area contributed by atoms with Gasteiger partial charge in [0.25, 0.3) is 5.79 Å². The van der Waals surface area contributed by atoms with E-state index in [9.17, 15) is 14.7 Å². The van der Waals surface area contributed by atoms with Crippen molar-refractivity contribution in [1.29, 1.82) is 0 Å². The van der Waals surface area contributed by atoms with Gasteiger partial charge in [-0.15, -0.1) is 0 Å². The molecule has 1 aromatic heterocycles. The number of carbonyl (C=O) groups is 2. The molecule has 0 spiro atoms. The molecule has 0 saturated carbocycles. The Kier molecular flexibility index (Phi) is 9.56. The van der Waals surface area contributed by atoms with Crippen LogP contribution in [0.2, 0.25) is 0 Å². The quantitative estimate of drug-likeness (QED) is 0.147. The number of nitrogens with zero attached hydrogens (tertiary/aromatic N) is 2. The number of cyclic esters (lactones) is 1. The number of esters is 1. The van der Waals surface area contributed by atoms with Gasteiger partial charge in [-0.3, -0.25) is 4.79 Å². The first kappa shape index (κ1) is 31.4. The SMILES string of the molecule is COc1cccc(C=O)c1.COc1cccc(CC2=C(c3ccc4nsnc4c3)C(=O)OC2(O)c2ccc(OC(C)C)cc2)c1. The van der Waals surface area contributed by atoms with Gasteiger partial charge in [0.2, 0.25) is 0 Å². The lowest BCUT2D eigenvalue weighted by Gasteiger charge is -2.26. The van der Waals surface area contributed by atoms with Crippen LogP contribution in [0.5, 0.6) is 17.2 Å². The van der Waals surface area contributed by atoms with Crippen LogP contribution < -0.4 is 14.2 Å². The van der Waals surface area contributed by atoms with Crippen LogP contribution >= 0.6 is 11.7 Å². The maximum Gasteiger partial charge on any atom is 0.342 e. The van der Waals surface area contributed by atoms with Crippen LogP contribution in [0.3, 0.4) is 0 Å². The van der Waals surface area contributed by atoms with Crippen molar-refractivity contribution < 1.29 is 33.6 Å². The molecule has 4 aromatic carbocycles. The molecule has 1 aliphatic heterocycles. The van der Waals surface area contributed by atoms with E-state index in [-0.39, 0.29) is 12.5 Å². The number of fused-ring (bicyclic) bond motifs is 1. The van der Waals surface area contributed by atoms with Gasteiger partial charge in [-0.2, -0.15) is 8.75 Å². The third-order valence-corrected chi connectivity index (χ3v) is 7.62. The molecule has 230 valence electrons. The van der Waals surface area contributed by atoms with E-state index in [1.165, 1.54) is 0 Å². The average Bonchev–Trinajstić information content (AvgIpc) is 3.62. The Morgan fingerprint density at radius 2 is 1.56 bits per heavy atom. The Bertz CT molecular complexity index is 1850. The maximum absolute atomic E-state index is 13.3. The summed E-state index contributed by atoms with van der Waals surface area (Å²) in [5.74, 6) is -0.485. The normalized spacial score (nSPS) is 15.8. The number of rotatable bonds is 9. The van der Waals surface area contributed by atoms with Crippen LogP contribution in [0, 0.1) is 0 Å². The molecule has 1 unspecified atom stereocenters. The topological polar surface area (TPSA) is 117 Å². The lowest BCUT2D eigenvalue weighted by Crippen LogP contribution is -2.29. The number of aldehydes is 1. The zero-order chi connectivity index (χ0) is 32.0. The average molecular weight is 625 g/mol. The number of carbonyl (C=O) groups excluding carboxylic acids is 2. The summed E-state index contributed by atoms with van der Waals surface area (Å²) in [6, 6.07) is 26.9. The highest BCUT2D eigenvalue weighted by Gasteiger charge is 2.48. The largest absolute Gasteiger partial charge is 0.497 e. The fourth-order valence-corrected chi connectivity index (χ4v) is 5.46. The van der Waals surface area contributed by atoms with E-state index >= 15 is 0 Å². The van der Waals surface area contributed by atoms with Crippen molar-refractivity contribution in [3.63, 3.8) is 0 Å². The third-order valence-electron chi connectivity index (χ3n) is 7.06. The molecular formula is C35H32N2O7S. The molecule has 6 rings (SSSR count). The van der Waals surface area contributed by atoms with Crippen LogP contribution in [0.25, 0.3) is 16.6 Å². The van der Waals surface area contributed by atoms with Crippen molar-refractivity contribution in [2.24, 2.45) is 0 Å². The summed E-state index contributed by atoms with van der Waals surface area (Å²) in [7, 11) is 3.17. The fraction of sp³-hybridized carbons (Fsp3) is 0.200. The molecule has 1 atom stereocenters. The lowest BCUT2D eigenvalue weighted by atomic mass is 9.88. The van der Waals surface area contributed by atoms with Crippen molar-refractivity contribution in [2.75, 3.05) is 14.2 Å². The van der Waals surface area contributed by atoms with E-state index in [1.807, 2.05) is 44.2 Å². The highest BCUT2D eigenvalue weighted by molar-refractivity contribution is 7.00. The zero-order valence-corrected chi connectivity index (χ0v) is 26.0. The molecule has 0 fully saturated rings. The Morgan fingerprint density at radius 3 is 2.24 bits per heavy atom. The fourth-order valence-electron chi connectivity index (χ4n) is 4.94. The maximum atomic E-state index is 13.3. The highest BCUT2D eigenvalue weighted by atomic mass is 32.1. The summed E-state index contributed by atoms with van der Waals surface area (Å²) in [6.45, 7) is 3.88. The number of methoxy groups -OCH3 is 2. The Balaban J connectivity index is 0.000000342. The van der Waals surface area contributed by atoms with E-state index in [0.717, 1.165) is 29.1 Å². The summed E-state index contributed by atoms with van der Waals surface area (Å²) in [6.07, 6.45) is 1.08. The Labute approximate surface area is 265 Å². The predicted molar refractivity (Wildman–Crippen MR) is 172 cm³/mol. The molecule has 0 saturated heterocycles. The number of aliphatic hydroxyl groups is 1. The molecule has 0 radical (unpaired) electrons. The molecule has 0 amide bonds. The number of hydrogen-bond acceptors (Lipinski definition) is 10. The van der Waals surface area contributed by atoms with E-state index < -0.39 is 11.8 Å². The summed E-state index contributed by atoms with van der Waals surface area (Å²) < 4.78 is 30.2. The van der Waals surface area contributed by atoms with E-state index in [1.54, 1.807) is 74.9 Å². The number of hydrogen-bond donors (Lipinski definition) is 1. The molecule has 1 N–H and O–H groups in total. The minimum Gasteiger partial charge on any atom is -0.497 e. The molecule has 10 heteroatoms. The van der Waals surface area contributed by atoms with Crippen LogP contribution in [0.4, 0.5) is 0 Å². The summed E-state index contributed by atoms with van der Waals surface area (Å²) in [4.78, 5) is 23.5. The first-order chi connectivity index (χ1) is 21.7. The molecule has 5 aromatic rings. The lowest BCUT2D eigenvalue weighted by molar-refractivity contribution is -0.185. The van der Waals surface area contributed by atoms with Gasteiger partial charge in [0.05, 0.1) is 37.6 Å². The number of ether oxygens (including phenoxy) is 4. The van der Waals surface area contributed by atoms with Crippen LogP contribution in [0.1, 0.15) is 40.9 Å². The number of aromatic nitrogens is 2. The van der Waals surface area contributed by atoms with Gasteiger partial charge in [-0.05, 0) is 85.6 Å². The van der Waals surface area contributed by atoms with E-state index in [4.69, 9.17) is 18.9 Å². The Hall–Kier alpha value is -5.06. The van der Waals surface area contributed by atoms with Crippen molar-refractivity contribution in [1.82, 2.24) is 8.75 Å². The number of benzene rings is 4. The van der Waals surface area contributed by atoms with Gasteiger partial charge in [0.15, 0.2) is 0 Å². The van der Waals surface area contributed by atoms with Crippen molar-refractivity contribution >= 4 is 40.6 Å². The van der Waals surface area contributed by atoms with Gasteiger partial charge in [0.1, 0.15) is 34.6 Å². The van der Waals surface area contributed by atoms with Gasteiger partial charge in [-0.1, -0.05) is 30.3 Å². The van der Waals surface area contributed by atoms with Gasteiger partial charge < -0.3 is 24.1 Å². The highest BCUT2D eigenvalue weighted by Crippen LogP contribution is 2.45.